The predicted molar refractivity (Wildman–Crippen MR) is 81.5 cm³/mol. The normalized spacial score (nSPS) is 11.5. The van der Waals surface area contributed by atoms with E-state index in [1.54, 1.807) is 18.2 Å². The molecule has 0 aromatic heterocycles. The second-order valence-corrected chi connectivity index (χ2v) is 4.77. The summed E-state index contributed by atoms with van der Waals surface area (Å²) in [6, 6.07) is 7.38. The van der Waals surface area contributed by atoms with Crippen molar-refractivity contribution in [2.45, 2.75) is 32.7 Å². The van der Waals surface area contributed by atoms with Crippen molar-refractivity contribution in [2.24, 2.45) is 0 Å². The lowest BCUT2D eigenvalue weighted by Gasteiger charge is -2.16. The molecule has 0 fully saturated rings. The van der Waals surface area contributed by atoms with E-state index < -0.39 is 0 Å². The van der Waals surface area contributed by atoms with Crippen molar-refractivity contribution >= 4 is 29.0 Å². The molecule has 1 rings (SSSR count). The van der Waals surface area contributed by atoms with E-state index in [2.05, 4.69) is 29.2 Å². The summed E-state index contributed by atoms with van der Waals surface area (Å²) >= 11 is 5.23. The zero-order valence-corrected chi connectivity index (χ0v) is 12.3. The number of benzene rings is 1. The standard InChI is InChI=1S/C14H20N2O2S/c1-4-6-10(2)15-14(19)16-12-8-5-7-11(9-12)13(17)18-3/h5,7-10H,4,6H2,1-3H3,(H2,15,16,19). The highest BCUT2D eigenvalue weighted by Crippen LogP contribution is 2.11. The minimum absolute atomic E-state index is 0.328. The Morgan fingerprint density at radius 1 is 1.47 bits per heavy atom. The first-order chi connectivity index (χ1) is 9.06. The molecule has 1 unspecified atom stereocenters. The molecule has 0 bridgehead atoms. The number of ether oxygens (including phenoxy) is 1. The number of hydrogen-bond acceptors (Lipinski definition) is 3. The smallest absolute Gasteiger partial charge is 0.337 e. The molecule has 5 heteroatoms. The van der Waals surface area contributed by atoms with Gasteiger partial charge in [0.1, 0.15) is 0 Å². The largest absolute Gasteiger partial charge is 0.465 e. The first-order valence-electron chi connectivity index (χ1n) is 6.32. The van der Waals surface area contributed by atoms with Gasteiger partial charge in [-0.25, -0.2) is 4.79 Å². The number of carbonyl (C=O) groups is 1. The van der Waals surface area contributed by atoms with Crippen LogP contribution < -0.4 is 10.6 Å². The molecule has 4 nitrogen and oxygen atoms in total. The molecule has 0 aliphatic heterocycles. The van der Waals surface area contributed by atoms with E-state index >= 15 is 0 Å². The van der Waals surface area contributed by atoms with Crippen LogP contribution in [0, 0.1) is 0 Å². The average molecular weight is 280 g/mol. The average Bonchev–Trinajstić information content (AvgIpc) is 2.38. The van der Waals surface area contributed by atoms with Gasteiger partial charge in [0.05, 0.1) is 12.7 Å². The number of thiocarbonyl (C=S) groups is 1. The summed E-state index contributed by atoms with van der Waals surface area (Å²) in [7, 11) is 1.36. The number of esters is 1. The molecule has 0 saturated heterocycles. The Morgan fingerprint density at radius 3 is 2.84 bits per heavy atom. The van der Waals surface area contributed by atoms with Crippen molar-refractivity contribution in [1.29, 1.82) is 0 Å². The topological polar surface area (TPSA) is 50.4 Å². The van der Waals surface area contributed by atoms with Crippen molar-refractivity contribution < 1.29 is 9.53 Å². The summed E-state index contributed by atoms with van der Waals surface area (Å²) in [5.74, 6) is -0.359. The molecule has 0 aliphatic rings. The number of rotatable bonds is 5. The van der Waals surface area contributed by atoms with Crippen molar-refractivity contribution in [3.8, 4) is 0 Å². The van der Waals surface area contributed by atoms with Crippen LogP contribution >= 0.6 is 12.2 Å². The highest BCUT2D eigenvalue weighted by molar-refractivity contribution is 7.80. The maximum Gasteiger partial charge on any atom is 0.337 e. The second kappa shape index (κ2) is 7.74. The Morgan fingerprint density at radius 2 is 2.21 bits per heavy atom. The van der Waals surface area contributed by atoms with Crippen molar-refractivity contribution in [1.82, 2.24) is 5.32 Å². The van der Waals surface area contributed by atoms with Crippen LogP contribution in [0.25, 0.3) is 0 Å². The Labute approximate surface area is 119 Å². The lowest BCUT2D eigenvalue weighted by Crippen LogP contribution is -2.35. The van der Waals surface area contributed by atoms with Crippen molar-refractivity contribution in [2.75, 3.05) is 12.4 Å². The second-order valence-electron chi connectivity index (χ2n) is 4.36. The van der Waals surface area contributed by atoms with Crippen molar-refractivity contribution in [3.63, 3.8) is 0 Å². The maximum atomic E-state index is 11.4. The third-order valence-corrected chi connectivity index (χ3v) is 2.86. The summed E-state index contributed by atoms with van der Waals surface area (Å²) in [5, 5.41) is 6.82. The van der Waals surface area contributed by atoms with Gasteiger partial charge in [-0.15, -0.1) is 0 Å². The molecule has 19 heavy (non-hydrogen) atoms. The van der Waals surface area contributed by atoms with E-state index in [0.29, 0.717) is 16.7 Å². The van der Waals surface area contributed by atoms with Gasteiger partial charge in [-0.3, -0.25) is 0 Å². The molecular formula is C14H20N2O2S. The van der Waals surface area contributed by atoms with Crippen LogP contribution in [0.2, 0.25) is 0 Å². The Hall–Kier alpha value is -1.62. The number of methoxy groups -OCH3 is 1. The van der Waals surface area contributed by atoms with Gasteiger partial charge in [-0.1, -0.05) is 19.4 Å². The minimum atomic E-state index is -0.359. The van der Waals surface area contributed by atoms with Gasteiger partial charge < -0.3 is 15.4 Å². The zero-order chi connectivity index (χ0) is 14.3. The summed E-state index contributed by atoms with van der Waals surface area (Å²) in [4.78, 5) is 11.4. The van der Waals surface area contributed by atoms with E-state index in [9.17, 15) is 4.79 Å². The predicted octanol–water partition coefficient (Wildman–Crippen LogP) is 2.95. The van der Waals surface area contributed by atoms with Gasteiger partial charge >= 0.3 is 5.97 Å². The number of hydrogen-bond donors (Lipinski definition) is 2. The van der Waals surface area contributed by atoms with Crippen LogP contribution in [0.15, 0.2) is 24.3 Å². The van der Waals surface area contributed by atoms with E-state index in [1.165, 1.54) is 7.11 Å². The fourth-order valence-electron chi connectivity index (χ4n) is 1.74. The van der Waals surface area contributed by atoms with Gasteiger partial charge in [0.2, 0.25) is 0 Å². The number of carbonyl (C=O) groups excluding carboxylic acids is 1. The van der Waals surface area contributed by atoms with Crippen LogP contribution in [-0.2, 0) is 4.74 Å². The van der Waals surface area contributed by atoms with Crippen LogP contribution in [0.1, 0.15) is 37.0 Å². The van der Waals surface area contributed by atoms with Gasteiger partial charge in [0.15, 0.2) is 5.11 Å². The first kappa shape index (κ1) is 15.4. The molecule has 1 aromatic rings. The van der Waals surface area contributed by atoms with E-state index in [1.807, 2.05) is 6.07 Å². The number of anilines is 1. The third-order valence-electron chi connectivity index (χ3n) is 2.64. The minimum Gasteiger partial charge on any atom is -0.465 e. The molecule has 0 amide bonds. The number of nitrogens with one attached hydrogen (secondary N) is 2. The van der Waals surface area contributed by atoms with E-state index in [4.69, 9.17) is 12.2 Å². The Bertz CT molecular complexity index is 449. The summed E-state index contributed by atoms with van der Waals surface area (Å²) in [6.07, 6.45) is 2.17. The summed E-state index contributed by atoms with van der Waals surface area (Å²) in [5.41, 5.74) is 1.26. The van der Waals surface area contributed by atoms with Crippen LogP contribution in [-0.4, -0.2) is 24.2 Å². The fraction of sp³-hybridized carbons (Fsp3) is 0.429. The molecule has 0 heterocycles. The highest BCUT2D eigenvalue weighted by atomic mass is 32.1. The lowest BCUT2D eigenvalue weighted by atomic mass is 10.2. The molecular weight excluding hydrogens is 260 g/mol. The molecule has 1 atom stereocenters. The van der Waals surface area contributed by atoms with Crippen LogP contribution in [0.4, 0.5) is 5.69 Å². The van der Waals surface area contributed by atoms with Gasteiger partial charge in [0.25, 0.3) is 0 Å². The Balaban J connectivity index is 2.62. The molecule has 0 saturated carbocycles. The molecule has 2 N–H and O–H groups in total. The first-order valence-corrected chi connectivity index (χ1v) is 6.73. The monoisotopic (exact) mass is 280 g/mol. The van der Waals surface area contributed by atoms with Gasteiger partial charge in [0, 0.05) is 11.7 Å². The molecule has 104 valence electrons. The van der Waals surface area contributed by atoms with Crippen molar-refractivity contribution in [3.05, 3.63) is 29.8 Å². The van der Waals surface area contributed by atoms with E-state index in [-0.39, 0.29) is 5.97 Å². The Kier molecular flexibility index (Phi) is 6.29. The fourth-order valence-corrected chi connectivity index (χ4v) is 2.06. The van der Waals surface area contributed by atoms with Gasteiger partial charge in [-0.05, 0) is 43.8 Å². The highest BCUT2D eigenvalue weighted by Gasteiger charge is 2.07. The third kappa shape index (κ3) is 5.26. The SMILES string of the molecule is CCCC(C)NC(=S)Nc1cccc(C(=O)OC)c1. The quantitative estimate of drug-likeness (QED) is 0.641. The summed E-state index contributed by atoms with van der Waals surface area (Å²) in [6.45, 7) is 4.22. The lowest BCUT2D eigenvalue weighted by molar-refractivity contribution is 0.0601. The molecule has 0 radical (unpaired) electrons. The molecule has 0 aliphatic carbocycles. The maximum absolute atomic E-state index is 11.4. The molecule has 1 aromatic carbocycles. The van der Waals surface area contributed by atoms with E-state index in [0.717, 1.165) is 18.5 Å². The van der Waals surface area contributed by atoms with Crippen LogP contribution in [0.3, 0.4) is 0 Å². The van der Waals surface area contributed by atoms with Gasteiger partial charge in [-0.2, -0.15) is 0 Å². The summed E-state index contributed by atoms with van der Waals surface area (Å²) < 4.78 is 4.68. The zero-order valence-electron chi connectivity index (χ0n) is 11.5. The van der Waals surface area contributed by atoms with Crippen LogP contribution in [0.5, 0.6) is 0 Å². The molecule has 0 spiro atoms.